The quantitative estimate of drug-likeness (QED) is 0.779. The number of aryl methyl sites for hydroxylation is 1. The van der Waals surface area contributed by atoms with Gasteiger partial charge in [-0.2, -0.15) is 4.98 Å². The molecule has 0 aromatic carbocycles. The predicted octanol–water partition coefficient (Wildman–Crippen LogP) is 2.37. The van der Waals surface area contributed by atoms with Crippen molar-refractivity contribution in [3.63, 3.8) is 0 Å². The number of aromatic nitrogens is 3. The average Bonchev–Trinajstić information content (AvgIpc) is 3.09. The monoisotopic (exact) mass is 340 g/mol. The highest BCUT2D eigenvalue weighted by molar-refractivity contribution is 6.33. The van der Waals surface area contributed by atoms with Crippen molar-refractivity contribution in [2.24, 2.45) is 5.92 Å². The van der Waals surface area contributed by atoms with Gasteiger partial charge in [-0.15, -0.1) is 0 Å². The molecule has 3 rings (SSSR count). The maximum atomic E-state index is 6.03. The normalized spacial score (nSPS) is 17.1. The summed E-state index contributed by atoms with van der Waals surface area (Å²) < 4.78 is 11.4. The van der Waals surface area contributed by atoms with Gasteiger partial charge in [0, 0.05) is 31.3 Å². The van der Waals surface area contributed by atoms with E-state index in [9.17, 15) is 0 Å². The number of pyridine rings is 1. The standard InChI is InChI=1S/C18H25BN4O2/c1-11(2)17-21-18(25-22-17)23-7-5-14(6-8-23)13(4)24-16-9-12(3)15(19)10-20-16/h9-11,13-14H,5-8H2,1-4H3/t13-/m0/s1. The summed E-state index contributed by atoms with van der Waals surface area (Å²) in [6.07, 6.45) is 3.80. The predicted molar refractivity (Wildman–Crippen MR) is 97.8 cm³/mol. The molecular weight excluding hydrogens is 315 g/mol. The summed E-state index contributed by atoms with van der Waals surface area (Å²) in [6.45, 7) is 9.98. The van der Waals surface area contributed by atoms with Crippen LogP contribution in [-0.2, 0) is 0 Å². The number of anilines is 1. The Hall–Kier alpha value is -2.05. The highest BCUT2D eigenvalue weighted by Gasteiger charge is 2.28. The Labute approximate surface area is 150 Å². The zero-order valence-electron chi connectivity index (χ0n) is 15.4. The first-order valence-corrected chi connectivity index (χ1v) is 8.91. The molecule has 6 nitrogen and oxygen atoms in total. The zero-order valence-corrected chi connectivity index (χ0v) is 15.4. The largest absolute Gasteiger partial charge is 0.474 e. The molecule has 0 bridgehead atoms. The van der Waals surface area contributed by atoms with Gasteiger partial charge >= 0.3 is 6.01 Å². The lowest BCUT2D eigenvalue weighted by atomic mass is 9.92. The van der Waals surface area contributed by atoms with Crippen LogP contribution in [-0.4, -0.2) is 42.2 Å². The Kier molecular flexibility index (Phi) is 5.30. The van der Waals surface area contributed by atoms with Crippen molar-refractivity contribution in [1.82, 2.24) is 15.1 Å². The van der Waals surface area contributed by atoms with Gasteiger partial charge < -0.3 is 14.2 Å². The van der Waals surface area contributed by atoms with Gasteiger partial charge in [-0.3, -0.25) is 0 Å². The fourth-order valence-corrected chi connectivity index (χ4v) is 3.04. The van der Waals surface area contributed by atoms with Crippen LogP contribution in [0.25, 0.3) is 0 Å². The molecule has 2 aromatic rings. The summed E-state index contributed by atoms with van der Waals surface area (Å²) in [5.41, 5.74) is 1.68. The second kappa shape index (κ2) is 7.46. The number of piperidine rings is 1. The Morgan fingerprint density at radius 1 is 1.28 bits per heavy atom. The highest BCUT2D eigenvalue weighted by atomic mass is 16.5. The van der Waals surface area contributed by atoms with Crippen LogP contribution in [0.2, 0.25) is 0 Å². The zero-order chi connectivity index (χ0) is 18.0. The maximum absolute atomic E-state index is 6.03. The number of ether oxygens (including phenoxy) is 1. The van der Waals surface area contributed by atoms with Crippen molar-refractivity contribution in [1.29, 1.82) is 0 Å². The lowest BCUT2D eigenvalue weighted by molar-refractivity contribution is 0.126. The first kappa shape index (κ1) is 17.8. The molecule has 2 radical (unpaired) electrons. The molecule has 25 heavy (non-hydrogen) atoms. The van der Waals surface area contributed by atoms with Gasteiger partial charge in [0.25, 0.3) is 0 Å². The van der Waals surface area contributed by atoms with Crippen molar-refractivity contribution in [3.05, 3.63) is 23.7 Å². The molecule has 132 valence electrons. The summed E-state index contributed by atoms with van der Waals surface area (Å²) in [4.78, 5) is 10.9. The van der Waals surface area contributed by atoms with Gasteiger partial charge in [-0.05, 0) is 32.6 Å². The number of rotatable bonds is 5. The molecule has 1 fully saturated rings. The molecule has 0 unspecified atom stereocenters. The minimum Gasteiger partial charge on any atom is -0.474 e. The van der Waals surface area contributed by atoms with E-state index in [0.717, 1.165) is 37.3 Å². The lowest BCUT2D eigenvalue weighted by Gasteiger charge is -2.33. The van der Waals surface area contributed by atoms with E-state index in [0.29, 0.717) is 23.3 Å². The van der Waals surface area contributed by atoms with Crippen molar-refractivity contribution in [2.45, 2.75) is 52.6 Å². The summed E-state index contributed by atoms with van der Waals surface area (Å²) >= 11 is 0. The average molecular weight is 340 g/mol. The summed E-state index contributed by atoms with van der Waals surface area (Å²) in [6, 6.07) is 2.53. The maximum Gasteiger partial charge on any atom is 0.324 e. The van der Waals surface area contributed by atoms with E-state index in [4.69, 9.17) is 17.1 Å². The van der Waals surface area contributed by atoms with E-state index in [-0.39, 0.29) is 12.0 Å². The second-order valence-electron chi connectivity index (χ2n) is 7.12. The molecule has 0 aliphatic carbocycles. The minimum absolute atomic E-state index is 0.103. The Bertz CT molecular complexity index is 711. The molecule has 0 spiro atoms. The molecule has 1 saturated heterocycles. The number of nitrogens with zero attached hydrogens (tertiary/aromatic N) is 4. The third-order valence-corrected chi connectivity index (χ3v) is 4.85. The van der Waals surface area contributed by atoms with E-state index >= 15 is 0 Å². The first-order valence-electron chi connectivity index (χ1n) is 8.91. The molecule has 0 N–H and O–H groups in total. The molecule has 1 atom stereocenters. The number of hydrogen-bond acceptors (Lipinski definition) is 6. The van der Waals surface area contributed by atoms with Gasteiger partial charge in [0.05, 0.1) is 0 Å². The Balaban J connectivity index is 1.54. The first-order chi connectivity index (χ1) is 11.9. The fourth-order valence-electron chi connectivity index (χ4n) is 3.04. The van der Waals surface area contributed by atoms with E-state index in [2.05, 4.69) is 40.8 Å². The Morgan fingerprint density at radius 3 is 2.60 bits per heavy atom. The van der Waals surface area contributed by atoms with Crippen molar-refractivity contribution in [3.8, 4) is 5.88 Å². The van der Waals surface area contributed by atoms with Crippen LogP contribution in [0.1, 0.15) is 50.9 Å². The summed E-state index contributed by atoms with van der Waals surface area (Å²) in [7, 11) is 5.81. The van der Waals surface area contributed by atoms with Crippen LogP contribution >= 0.6 is 0 Å². The smallest absolute Gasteiger partial charge is 0.324 e. The molecule has 1 aliphatic rings. The van der Waals surface area contributed by atoms with Gasteiger partial charge in [-0.1, -0.05) is 30.0 Å². The van der Waals surface area contributed by atoms with Crippen molar-refractivity contribution < 1.29 is 9.26 Å². The van der Waals surface area contributed by atoms with Crippen molar-refractivity contribution >= 4 is 19.3 Å². The van der Waals surface area contributed by atoms with Crippen LogP contribution in [0.5, 0.6) is 5.88 Å². The van der Waals surface area contributed by atoms with Gasteiger partial charge in [0.15, 0.2) is 5.82 Å². The van der Waals surface area contributed by atoms with Gasteiger partial charge in [0.1, 0.15) is 14.0 Å². The molecule has 0 amide bonds. The fraction of sp³-hybridized carbons (Fsp3) is 0.611. The van der Waals surface area contributed by atoms with Gasteiger partial charge in [-0.25, -0.2) is 4.98 Å². The highest BCUT2D eigenvalue weighted by Crippen LogP contribution is 2.27. The molecule has 0 saturated carbocycles. The van der Waals surface area contributed by atoms with Crippen LogP contribution in [0.15, 0.2) is 16.8 Å². The van der Waals surface area contributed by atoms with E-state index in [1.54, 1.807) is 6.20 Å². The van der Waals surface area contributed by atoms with E-state index in [1.165, 1.54) is 0 Å². The van der Waals surface area contributed by atoms with Crippen LogP contribution in [0.4, 0.5) is 6.01 Å². The van der Waals surface area contributed by atoms with E-state index in [1.807, 2.05) is 13.0 Å². The topological polar surface area (TPSA) is 64.3 Å². The summed E-state index contributed by atoms with van der Waals surface area (Å²) in [5.74, 6) is 2.15. The molecule has 2 aromatic heterocycles. The lowest BCUT2D eigenvalue weighted by Crippen LogP contribution is -2.39. The van der Waals surface area contributed by atoms with Crippen molar-refractivity contribution in [2.75, 3.05) is 18.0 Å². The molecule has 3 heterocycles. The summed E-state index contributed by atoms with van der Waals surface area (Å²) in [5, 5.41) is 4.05. The molecular formula is C18H25BN4O2. The van der Waals surface area contributed by atoms with Crippen LogP contribution < -0.4 is 15.1 Å². The van der Waals surface area contributed by atoms with E-state index < -0.39 is 0 Å². The molecule has 1 aliphatic heterocycles. The minimum atomic E-state index is 0.103. The van der Waals surface area contributed by atoms with Crippen LogP contribution in [0.3, 0.4) is 0 Å². The molecule has 7 heteroatoms. The third-order valence-electron chi connectivity index (χ3n) is 4.85. The SMILES string of the molecule is [B]c1cnc(O[C@@H](C)C2CCN(c3nc(C(C)C)no3)CC2)cc1C. The van der Waals surface area contributed by atoms with Gasteiger partial charge in [0.2, 0.25) is 5.88 Å². The Morgan fingerprint density at radius 2 is 2.00 bits per heavy atom. The second-order valence-corrected chi connectivity index (χ2v) is 7.12. The number of hydrogen-bond donors (Lipinski definition) is 0. The van der Waals surface area contributed by atoms with Crippen LogP contribution in [0, 0.1) is 12.8 Å². The third kappa shape index (κ3) is 4.14.